The van der Waals surface area contributed by atoms with Gasteiger partial charge in [-0.15, -0.1) is 0 Å². The molecule has 0 spiro atoms. The van der Waals surface area contributed by atoms with Crippen molar-refractivity contribution in [3.05, 3.63) is 40.6 Å². The van der Waals surface area contributed by atoms with Crippen LogP contribution >= 0.6 is 15.9 Å². The van der Waals surface area contributed by atoms with Crippen molar-refractivity contribution in [2.75, 3.05) is 5.73 Å². The van der Waals surface area contributed by atoms with Gasteiger partial charge in [0.25, 0.3) is 10.0 Å². The Balaban J connectivity index is 2.17. The van der Waals surface area contributed by atoms with Crippen LogP contribution in [0.25, 0.3) is 0 Å². The highest BCUT2D eigenvalue weighted by Gasteiger charge is 2.21. The SMILES string of the molecule is Cn1cnc(N)c1S(=O)(=O)NCc1ccc(Br)cc1. The van der Waals surface area contributed by atoms with Gasteiger partial charge in [0.2, 0.25) is 0 Å². The Bertz CT molecular complexity index is 660. The fraction of sp³-hybridized carbons (Fsp3) is 0.182. The van der Waals surface area contributed by atoms with Crippen molar-refractivity contribution in [3.63, 3.8) is 0 Å². The number of sulfonamides is 1. The largest absolute Gasteiger partial charge is 0.381 e. The van der Waals surface area contributed by atoms with Crippen molar-refractivity contribution in [1.29, 1.82) is 0 Å². The second-order valence-corrected chi connectivity index (χ2v) is 6.59. The van der Waals surface area contributed by atoms with Crippen LogP contribution in [0.15, 0.2) is 40.1 Å². The Hall–Kier alpha value is -1.38. The number of aryl methyl sites for hydroxylation is 1. The molecule has 2 aromatic rings. The Kier molecular flexibility index (Phi) is 3.93. The van der Waals surface area contributed by atoms with Crippen molar-refractivity contribution in [3.8, 4) is 0 Å². The minimum absolute atomic E-state index is 0.00851. The first-order chi connectivity index (χ1) is 8.90. The third kappa shape index (κ3) is 3.14. The van der Waals surface area contributed by atoms with Gasteiger partial charge >= 0.3 is 0 Å². The number of aromatic nitrogens is 2. The number of anilines is 1. The number of nitrogen functional groups attached to an aromatic ring is 1. The van der Waals surface area contributed by atoms with E-state index in [2.05, 4.69) is 25.6 Å². The van der Waals surface area contributed by atoms with Crippen molar-refractivity contribution < 1.29 is 8.42 Å². The minimum atomic E-state index is -3.67. The maximum atomic E-state index is 12.1. The number of nitrogens with two attached hydrogens (primary N) is 1. The van der Waals surface area contributed by atoms with Gasteiger partial charge in [-0.3, -0.25) is 0 Å². The fourth-order valence-electron chi connectivity index (χ4n) is 1.61. The van der Waals surface area contributed by atoms with Gasteiger partial charge in [-0.25, -0.2) is 18.1 Å². The normalized spacial score (nSPS) is 11.7. The molecular weight excluding hydrogens is 332 g/mol. The lowest BCUT2D eigenvalue weighted by molar-refractivity contribution is 0.571. The van der Waals surface area contributed by atoms with E-state index in [1.807, 2.05) is 24.3 Å². The van der Waals surface area contributed by atoms with Gasteiger partial charge in [-0.05, 0) is 17.7 Å². The molecule has 3 N–H and O–H groups in total. The van der Waals surface area contributed by atoms with Crippen LogP contribution in [0.1, 0.15) is 5.56 Å². The number of rotatable bonds is 4. The third-order valence-corrected chi connectivity index (χ3v) is 4.60. The average molecular weight is 345 g/mol. The highest BCUT2D eigenvalue weighted by molar-refractivity contribution is 9.10. The molecule has 102 valence electrons. The molecule has 0 saturated heterocycles. The molecule has 0 fully saturated rings. The second-order valence-electron chi connectivity index (χ2n) is 4.00. The molecule has 1 aromatic heterocycles. The third-order valence-electron chi connectivity index (χ3n) is 2.54. The molecule has 2 rings (SSSR count). The van der Waals surface area contributed by atoms with Crippen LogP contribution in [0.3, 0.4) is 0 Å². The first-order valence-corrected chi connectivity index (χ1v) is 7.68. The maximum absolute atomic E-state index is 12.1. The van der Waals surface area contributed by atoms with Crippen LogP contribution < -0.4 is 10.5 Å². The van der Waals surface area contributed by atoms with E-state index in [4.69, 9.17) is 5.73 Å². The predicted octanol–water partition coefficient (Wildman–Crippen LogP) is 1.24. The van der Waals surface area contributed by atoms with Crippen molar-refractivity contribution in [2.45, 2.75) is 11.6 Å². The molecule has 0 aliphatic rings. The standard InChI is InChI=1S/C11H13BrN4O2S/c1-16-7-14-10(13)11(16)19(17,18)15-6-8-2-4-9(12)5-3-8/h2-5,7,15H,6,13H2,1H3. The molecule has 0 saturated carbocycles. The van der Waals surface area contributed by atoms with Crippen LogP contribution in [0.4, 0.5) is 5.82 Å². The van der Waals surface area contributed by atoms with E-state index < -0.39 is 10.0 Å². The van der Waals surface area contributed by atoms with Crippen LogP contribution in [0, 0.1) is 0 Å². The summed E-state index contributed by atoms with van der Waals surface area (Å²) < 4.78 is 29.0. The Labute approximate surface area is 119 Å². The van der Waals surface area contributed by atoms with Gasteiger partial charge in [0.15, 0.2) is 10.8 Å². The number of hydrogen-bond acceptors (Lipinski definition) is 4. The van der Waals surface area contributed by atoms with Gasteiger partial charge in [-0.1, -0.05) is 28.1 Å². The van der Waals surface area contributed by atoms with E-state index >= 15 is 0 Å². The molecule has 0 atom stereocenters. The zero-order valence-corrected chi connectivity index (χ0v) is 12.6. The number of halogens is 1. The van der Waals surface area contributed by atoms with Crippen LogP contribution in [0.2, 0.25) is 0 Å². The van der Waals surface area contributed by atoms with E-state index in [0.717, 1.165) is 10.0 Å². The highest BCUT2D eigenvalue weighted by Crippen LogP contribution is 2.16. The lowest BCUT2D eigenvalue weighted by Crippen LogP contribution is -2.25. The molecule has 8 heteroatoms. The quantitative estimate of drug-likeness (QED) is 0.873. The van der Waals surface area contributed by atoms with Gasteiger partial charge in [0.1, 0.15) is 0 Å². The van der Waals surface area contributed by atoms with E-state index in [1.54, 1.807) is 7.05 Å². The molecule has 0 unspecified atom stereocenters. The topological polar surface area (TPSA) is 90.0 Å². The average Bonchev–Trinajstić information content (AvgIpc) is 2.69. The summed E-state index contributed by atoms with van der Waals surface area (Å²) >= 11 is 3.32. The van der Waals surface area contributed by atoms with Gasteiger partial charge in [-0.2, -0.15) is 0 Å². The summed E-state index contributed by atoms with van der Waals surface area (Å²) in [6.45, 7) is 0.195. The summed E-state index contributed by atoms with van der Waals surface area (Å²) in [5.41, 5.74) is 6.41. The number of benzene rings is 1. The molecule has 0 radical (unpaired) electrons. The summed E-state index contributed by atoms with van der Waals surface area (Å²) in [5, 5.41) is -0.0235. The summed E-state index contributed by atoms with van der Waals surface area (Å²) in [6, 6.07) is 7.36. The molecule has 0 aliphatic carbocycles. The summed E-state index contributed by atoms with van der Waals surface area (Å²) in [6.07, 6.45) is 1.36. The zero-order valence-electron chi connectivity index (χ0n) is 10.2. The lowest BCUT2D eigenvalue weighted by Gasteiger charge is -2.08. The number of hydrogen-bond donors (Lipinski definition) is 2. The van der Waals surface area contributed by atoms with Gasteiger partial charge in [0, 0.05) is 18.1 Å². The monoisotopic (exact) mass is 344 g/mol. The van der Waals surface area contributed by atoms with Crippen LogP contribution in [0.5, 0.6) is 0 Å². The zero-order chi connectivity index (χ0) is 14.0. The van der Waals surface area contributed by atoms with Crippen molar-refractivity contribution in [2.24, 2.45) is 7.05 Å². The number of nitrogens with zero attached hydrogens (tertiary/aromatic N) is 2. The molecule has 0 aliphatic heterocycles. The fourth-order valence-corrected chi connectivity index (χ4v) is 3.13. The molecule has 0 bridgehead atoms. The molecule has 6 nitrogen and oxygen atoms in total. The first kappa shape index (κ1) is 14.0. The number of imidazole rings is 1. The summed E-state index contributed by atoms with van der Waals surface area (Å²) in [4.78, 5) is 3.76. The van der Waals surface area contributed by atoms with Crippen molar-refractivity contribution in [1.82, 2.24) is 14.3 Å². The lowest BCUT2D eigenvalue weighted by atomic mass is 10.2. The molecule has 0 amide bonds. The van der Waals surface area contributed by atoms with E-state index in [1.165, 1.54) is 10.9 Å². The smallest absolute Gasteiger partial charge is 0.260 e. The molecule has 1 aromatic carbocycles. The predicted molar refractivity (Wildman–Crippen MR) is 75.8 cm³/mol. The van der Waals surface area contributed by atoms with Crippen molar-refractivity contribution >= 4 is 31.8 Å². The number of nitrogens with one attached hydrogen (secondary N) is 1. The first-order valence-electron chi connectivity index (χ1n) is 5.41. The molecular formula is C11H13BrN4O2S. The minimum Gasteiger partial charge on any atom is -0.381 e. The molecule has 19 heavy (non-hydrogen) atoms. The van der Waals surface area contributed by atoms with Crippen LogP contribution in [-0.2, 0) is 23.6 Å². The van der Waals surface area contributed by atoms with E-state index in [-0.39, 0.29) is 17.4 Å². The Morgan fingerprint density at radius 1 is 1.37 bits per heavy atom. The van der Waals surface area contributed by atoms with E-state index in [9.17, 15) is 8.42 Å². The van der Waals surface area contributed by atoms with Crippen LogP contribution in [-0.4, -0.2) is 18.0 Å². The summed E-state index contributed by atoms with van der Waals surface area (Å²) in [7, 11) is -2.09. The Morgan fingerprint density at radius 3 is 2.53 bits per heavy atom. The van der Waals surface area contributed by atoms with E-state index in [0.29, 0.717) is 0 Å². The summed E-state index contributed by atoms with van der Waals surface area (Å²) in [5.74, 6) is -0.00851. The Morgan fingerprint density at radius 2 is 2.00 bits per heavy atom. The van der Waals surface area contributed by atoms with Gasteiger partial charge < -0.3 is 10.3 Å². The van der Waals surface area contributed by atoms with Gasteiger partial charge in [0.05, 0.1) is 6.33 Å². The highest BCUT2D eigenvalue weighted by atomic mass is 79.9. The second kappa shape index (κ2) is 5.32. The maximum Gasteiger partial charge on any atom is 0.260 e. The molecule has 1 heterocycles.